The minimum Gasteiger partial charge on any atom is -0.367 e. The molecule has 2 N–H and O–H groups in total. The molecule has 1 aliphatic carbocycles. The highest BCUT2D eigenvalue weighted by atomic mass is 16.1. The van der Waals surface area contributed by atoms with Crippen molar-refractivity contribution < 1.29 is 4.79 Å². The van der Waals surface area contributed by atoms with Crippen LogP contribution < -0.4 is 10.6 Å². The zero-order chi connectivity index (χ0) is 13.7. The minimum atomic E-state index is -0.185. The molecule has 1 heterocycles. The average Bonchev–Trinajstić information content (AvgIpc) is 3.24. The molecule has 0 aromatic carbocycles. The molecule has 6 nitrogen and oxygen atoms in total. The lowest BCUT2D eigenvalue weighted by atomic mass is 10.3. The third-order valence-electron chi connectivity index (χ3n) is 3.18. The van der Waals surface area contributed by atoms with E-state index in [1.807, 2.05) is 6.92 Å². The Morgan fingerprint density at radius 2 is 2.21 bits per heavy atom. The molecule has 1 fully saturated rings. The molecule has 1 aromatic rings. The van der Waals surface area contributed by atoms with Crippen LogP contribution in [0.4, 0.5) is 5.82 Å². The predicted octanol–water partition coefficient (Wildman–Crippen LogP) is 0.732. The number of nitrogens with zero attached hydrogens (tertiary/aromatic N) is 3. The van der Waals surface area contributed by atoms with Crippen LogP contribution in [0.1, 0.15) is 30.3 Å². The van der Waals surface area contributed by atoms with Crippen molar-refractivity contribution in [3.05, 3.63) is 17.8 Å². The highest BCUT2D eigenvalue weighted by molar-refractivity contribution is 5.92. The summed E-state index contributed by atoms with van der Waals surface area (Å²) in [4.78, 5) is 13.9. The van der Waals surface area contributed by atoms with E-state index < -0.39 is 0 Å². The maximum Gasteiger partial charge on any atom is 0.271 e. The first-order valence-electron chi connectivity index (χ1n) is 6.76. The van der Waals surface area contributed by atoms with Gasteiger partial charge in [-0.15, -0.1) is 10.2 Å². The summed E-state index contributed by atoms with van der Waals surface area (Å²) < 4.78 is 0. The van der Waals surface area contributed by atoms with E-state index in [-0.39, 0.29) is 5.91 Å². The van der Waals surface area contributed by atoms with E-state index in [4.69, 9.17) is 0 Å². The lowest BCUT2D eigenvalue weighted by Crippen LogP contribution is -2.27. The van der Waals surface area contributed by atoms with Gasteiger partial charge in [0, 0.05) is 25.7 Å². The number of aromatic nitrogens is 2. The SMILES string of the molecule is CCNC(=O)c1ccc(NCCN(C)C2CC2)nn1. The van der Waals surface area contributed by atoms with E-state index in [9.17, 15) is 4.79 Å². The topological polar surface area (TPSA) is 70.2 Å². The van der Waals surface area contributed by atoms with Crippen molar-refractivity contribution in [2.45, 2.75) is 25.8 Å². The summed E-state index contributed by atoms with van der Waals surface area (Å²) in [6.07, 6.45) is 2.63. The zero-order valence-electron chi connectivity index (χ0n) is 11.5. The Hall–Kier alpha value is -1.69. The minimum absolute atomic E-state index is 0.185. The standard InChI is InChI=1S/C13H21N5O/c1-3-14-13(19)11-6-7-12(17-16-11)15-8-9-18(2)10-4-5-10/h6-7,10H,3-5,8-9H2,1-2H3,(H,14,19)(H,15,17). The molecule has 0 atom stereocenters. The summed E-state index contributed by atoms with van der Waals surface area (Å²) in [6, 6.07) is 4.24. The van der Waals surface area contributed by atoms with Crippen LogP contribution in [-0.2, 0) is 0 Å². The van der Waals surface area contributed by atoms with E-state index in [0.29, 0.717) is 18.1 Å². The fraction of sp³-hybridized carbons (Fsp3) is 0.615. The molecule has 104 valence electrons. The van der Waals surface area contributed by atoms with Gasteiger partial charge in [0.2, 0.25) is 0 Å². The summed E-state index contributed by atoms with van der Waals surface area (Å²) >= 11 is 0. The molecule has 0 radical (unpaired) electrons. The Morgan fingerprint density at radius 3 is 2.79 bits per heavy atom. The normalized spacial score (nSPS) is 14.5. The number of hydrogen-bond acceptors (Lipinski definition) is 5. The fourth-order valence-electron chi connectivity index (χ4n) is 1.86. The molecular weight excluding hydrogens is 242 g/mol. The first kappa shape index (κ1) is 13.7. The first-order valence-corrected chi connectivity index (χ1v) is 6.76. The number of carbonyl (C=O) groups is 1. The van der Waals surface area contributed by atoms with Crippen LogP contribution in [0.15, 0.2) is 12.1 Å². The third-order valence-corrected chi connectivity index (χ3v) is 3.18. The number of amides is 1. The Morgan fingerprint density at radius 1 is 1.42 bits per heavy atom. The van der Waals surface area contributed by atoms with Crippen LogP contribution in [-0.4, -0.2) is 53.7 Å². The van der Waals surface area contributed by atoms with E-state index in [2.05, 4.69) is 32.8 Å². The largest absolute Gasteiger partial charge is 0.367 e. The van der Waals surface area contributed by atoms with Gasteiger partial charge in [0.05, 0.1) is 0 Å². The number of carbonyl (C=O) groups excluding carboxylic acids is 1. The molecule has 1 aromatic heterocycles. The van der Waals surface area contributed by atoms with E-state index >= 15 is 0 Å². The van der Waals surface area contributed by atoms with Crippen LogP contribution in [0.3, 0.4) is 0 Å². The van der Waals surface area contributed by atoms with Crippen LogP contribution >= 0.6 is 0 Å². The number of anilines is 1. The molecule has 6 heteroatoms. The summed E-state index contributed by atoms with van der Waals surface area (Å²) in [5.41, 5.74) is 0.350. The Balaban J connectivity index is 1.76. The monoisotopic (exact) mass is 263 g/mol. The molecule has 1 aliphatic rings. The van der Waals surface area contributed by atoms with Crippen molar-refractivity contribution in [1.82, 2.24) is 20.4 Å². The molecule has 0 saturated heterocycles. The molecule has 1 amide bonds. The van der Waals surface area contributed by atoms with Gasteiger partial charge < -0.3 is 15.5 Å². The summed E-state index contributed by atoms with van der Waals surface area (Å²) in [7, 11) is 2.14. The molecule has 19 heavy (non-hydrogen) atoms. The lowest BCUT2D eigenvalue weighted by molar-refractivity contribution is 0.0950. The number of likely N-dealkylation sites (N-methyl/N-ethyl adjacent to an activating group) is 1. The van der Waals surface area contributed by atoms with Crippen LogP contribution in [0.25, 0.3) is 0 Å². The number of nitrogens with one attached hydrogen (secondary N) is 2. The Kier molecular flexibility index (Phi) is 4.68. The van der Waals surface area contributed by atoms with E-state index in [1.54, 1.807) is 12.1 Å². The Bertz CT molecular complexity index is 416. The quantitative estimate of drug-likeness (QED) is 0.759. The number of hydrogen-bond donors (Lipinski definition) is 2. The van der Waals surface area contributed by atoms with Crippen molar-refractivity contribution in [3.63, 3.8) is 0 Å². The van der Waals surface area contributed by atoms with Gasteiger partial charge in [-0.2, -0.15) is 0 Å². The highest BCUT2D eigenvalue weighted by Crippen LogP contribution is 2.24. The highest BCUT2D eigenvalue weighted by Gasteiger charge is 2.25. The Labute approximate surface area is 113 Å². The summed E-state index contributed by atoms with van der Waals surface area (Å²) in [5, 5.41) is 13.8. The maximum atomic E-state index is 11.5. The maximum absolute atomic E-state index is 11.5. The summed E-state index contributed by atoms with van der Waals surface area (Å²) in [6.45, 7) is 4.29. The van der Waals surface area contributed by atoms with E-state index in [1.165, 1.54) is 12.8 Å². The molecule has 0 unspecified atom stereocenters. The zero-order valence-corrected chi connectivity index (χ0v) is 11.5. The van der Waals surface area contributed by atoms with Crippen LogP contribution in [0.2, 0.25) is 0 Å². The second-order valence-corrected chi connectivity index (χ2v) is 4.80. The first-order chi connectivity index (χ1) is 9.20. The predicted molar refractivity (Wildman–Crippen MR) is 74.2 cm³/mol. The van der Waals surface area contributed by atoms with Gasteiger partial charge in [0.1, 0.15) is 5.82 Å². The molecule has 0 aliphatic heterocycles. The lowest BCUT2D eigenvalue weighted by Gasteiger charge is -2.15. The molecule has 1 saturated carbocycles. The summed E-state index contributed by atoms with van der Waals surface area (Å²) in [5.74, 6) is 0.521. The van der Waals surface area contributed by atoms with Gasteiger partial charge in [-0.1, -0.05) is 0 Å². The van der Waals surface area contributed by atoms with Crippen LogP contribution in [0.5, 0.6) is 0 Å². The van der Waals surface area contributed by atoms with Crippen molar-refractivity contribution in [3.8, 4) is 0 Å². The smallest absolute Gasteiger partial charge is 0.271 e. The molecule has 0 spiro atoms. The molecule has 0 bridgehead atoms. The van der Waals surface area contributed by atoms with Crippen molar-refractivity contribution >= 4 is 11.7 Å². The second-order valence-electron chi connectivity index (χ2n) is 4.80. The second kappa shape index (κ2) is 6.47. The fourth-order valence-corrected chi connectivity index (χ4v) is 1.86. The van der Waals surface area contributed by atoms with Gasteiger partial charge in [0.15, 0.2) is 5.69 Å². The third kappa shape index (κ3) is 4.17. The van der Waals surface area contributed by atoms with Gasteiger partial charge in [-0.25, -0.2) is 0 Å². The molecule has 2 rings (SSSR count). The van der Waals surface area contributed by atoms with Crippen molar-refractivity contribution in [2.75, 3.05) is 32.0 Å². The van der Waals surface area contributed by atoms with Gasteiger partial charge in [0.25, 0.3) is 5.91 Å². The average molecular weight is 263 g/mol. The van der Waals surface area contributed by atoms with Gasteiger partial charge >= 0.3 is 0 Å². The van der Waals surface area contributed by atoms with Crippen molar-refractivity contribution in [2.24, 2.45) is 0 Å². The van der Waals surface area contributed by atoms with Gasteiger partial charge in [-0.05, 0) is 38.9 Å². The van der Waals surface area contributed by atoms with Gasteiger partial charge in [-0.3, -0.25) is 4.79 Å². The number of rotatable bonds is 7. The van der Waals surface area contributed by atoms with E-state index in [0.717, 1.165) is 19.1 Å². The van der Waals surface area contributed by atoms with Crippen molar-refractivity contribution in [1.29, 1.82) is 0 Å². The van der Waals surface area contributed by atoms with Crippen LogP contribution in [0, 0.1) is 0 Å². The molecular formula is C13H21N5O.